The Kier molecular flexibility index (Phi) is 3.86. The maximum Gasteiger partial charge on any atom is 0.246 e. The summed E-state index contributed by atoms with van der Waals surface area (Å²) in [5.41, 5.74) is 0. The fourth-order valence-corrected chi connectivity index (χ4v) is 3.83. The number of rotatable bonds is 3. The first kappa shape index (κ1) is 13.7. The maximum atomic E-state index is 12.4. The van der Waals surface area contributed by atoms with Crippen molar-refractivity contribution in [2.75, 3.05) is 13.2 Å². The summed E-state index contributed by atoms with van der Waals surface area (Å²) in [6.07, 6.45) is 3.10. The lowest BCUT2D eigenvalue weighted by atomic mass is 10.0. The number of aliphatic hydroxyl groups excluding tert-OH is 1. The Morgan fingerprint density at radius 1 is 1.50 bits per heavy atom. The molecule has 100 valence electrons. The second kappa shape index (κ2) is 5.08. The summed E-state index contributed by atoms with van der Waals surface area (Å²) >= 11 is 5.53. The minimum absolute atomic E-state index is 0.000509. The molecule has 1 aliphatic heterocycles. The smallest absolute Gasteiger partial charge is 0.246 e. The topological polar surface area (TPSA) is 83.4 Å². The molecule has 0 aliphatic carbocycles. The van der Waals surface area contributed by atoms with Gasteiger partial charge in [-0.25, -0.2) is 18.4 Å². The van der Waals surface area contributed by atoms with Gasteiger partial charge in [0, 0.05) is 6.54 Å². The standard InChI is InChI=1S/C10H14ClN3O3S/c1-7-2-3-14(9(7)6-15)18(16,17)8-4-12-10(11)13-5-8/h4-5,7,9,15H,2-3,6H2,1H3. The molecule has 8 heteroatoms. The van der Waals surface area contributed by atoms with Gasteiger partial charge in [0.25, 0.3) is 0 Å². The van der Waals surface area contributed by atoms with Crippen LogP contribution >= 0.6 is 11.6 Å². The second-order valence-corrected chi connectivity index (χ2v) is 6.55. The molecule has 1 aromatic rings. The Morgan fingerprint density at radius 3 is 2.67 bits per heavy atom. The third-order valence-corrected chi connectivity index (χ3v) is 5.29. The Labute approximate surface area is 111 Å². The number of aromatic nitrogens is 2. The van der Waals surface area contributed by atoms with Gasteiger partial charge in [-0.2, -0.15) is 4.31 Å². The highest BCUT2D eigenvalue weighted by molar-refractivity contribution is 7.89. The van der Waals surface area contributed by atoms with Crippen molar-refractivity contribution < 1.29 is 13.5 Å². The molecule has 2 heterocycles. The molecular weight excluding hydrogens is 278 g/mol. The number of hydrogen-bond acceptors (Lipinski definition) is 5. The number of nitrogens with zero attached hydrogens (tertiary/aromatic N) is 3. The average Bonchev–Trinajstić information content (AvgIpc) is 2.71. The third kappa shape index (κ3) is 2.35. The van der Waals surface area contributed by atoms with Gasteiger partial charge in [-0.1, -0.05) is 6.92 Å². The van der Waals surface area contributed by atoms with Crippen molar-refractivity contribution >= 4 is 21.6 Å². The summed E-state index contributed by atoms with van der Waals surface area (Å²) in [4.78, 5) is 7.34. The van der Waals surface area contributed by atoms with Gasteiger partial charge < -0.3 is 5.11 Å². The summed E-state index contributed by atoms with van der Waals surface area (Å²) in [7, 11) is -3.66. The third-order valence-electron chi connectivity index (χ3n) is 3.22. The lowest BCUT2D eigenvalue weighted by molar-refractivity contribution is 0.191. The van der Waals surface area contributed by atoms with Crippen LogP contribution in [0.5, 0.6) is 0 Å². The van der Waals surface area contributed by atoms with Gasteiger partial charge in [-0.05, 0) is 23.9 Å². The lowest BCUT2D eigenvalue weighted by Gasteiger charge is -2.24. The van der Waals surface area contributed by atoms with Crippen LogP contribution in [0.2, 0.25) is 5.28 Å². The molecule has 1 N–H and O–H groups in total. The van der Waals surface area contributed by atoms with Crippen molar-refractivity contribution in [1.29, 1.82) is 0 Å². The average molecular weight is 292 g/mol. The molecule has 1 aromatic heterocycles. The van der Waals surface area contributed by atoms with E-state index in [2.05, 4.69) is 9.97 Å². The van der Waals surface area contributed by atoms with E-state index in [-0.39, 0.29) is 28.7 Å². The summed E-state index contributed by atoms with van der Waals surface area (Å²) < 4.78 is 26.0. The molecule has 2 atom stereocenters. The Bertz CT molecular complexity index is 520. The van der Waals surface area contributed by atoms with Crippen LogP contribution in [0.15, 0.2) is 17.3 Å². The van der Waals surface area contributed by atoms with E-state index in [0.717, 1.165) is 6.42 Å². The van der Waals surface area contributed by atoms with Crippen LogP contribution < -0.4 is 0 Å². The molecule has 18 heavy (non-hydrogen) atoms. The van der Waals surface area contributed by atoms with E-state index in [1.807, 2.05) is 6.92 Å². The molecule has 0 amide bonds. The SMILES string of the molecule is CC1CCN(S(=O)(=O)c2cnc(Cl)nc2)C1CO. The van der Waals surface area contributed by atoms with Crippen molar-refractivity contribution in [1.82, 2.24) is 14.3 Å². The van der Waals surface area contributed by atoms with Gasteiger partial charge in [0.1, 0.15) is 4.90 Å². The molecule has 1 aliphatic rings. The fourth-order valence-electron chi connectivity index (χ4n) is 2.11. The van der Waals surface area contributed by atoms with Gasteiger partial charge in [0.05, 0.1) is 25.0 Å². The molecule has 0 saturated carbocycles. The zero-order chi connectivity index (χ0) is 13.3. The van der Waals surface area contributed by atoms with Crippen LogP contribution in [0.4, 0.5) is 0 Å². The predicted molar refractivity (Wildman–Crippen MR) is 65.6 cm³/mol. The summed E-state index contributed by atoms with van der Waals surface area (Å²) in [6, 6.07) is -0.384. The van der Waals surface area contributed by atoms with E-state index in [1.165, 1.54) is 16.7 Å². The lowest BCUT2D eigenvalue weighted by Crippen LogP contribution is -2.39. The Morgan fingerprint density at radius 2 is 2.11 bits per heavy atom. The van der Waals surface area contributed by atoms with Gasteiger partial charge >= 0.3 is 0 Å². The highest BCUT2D eigenvalue weighted by Crippen LogP contribution is 2.29. The first-order valence-corrected chi connectivity index (χ1v) is 7.39. The number of sulfonamides is 1. The van der Waals surface area contributed by atoms with Crippen molar-refractivity contribution in [3.63, 3.8) is 0 Å². The van der Waals surface area contributed by atoms with Crippen LogP contribution in [0.25, 0.3) is 0 Å². The zero-order valence-electron chi connectivity index (χ0n) is 9.82. The minimum atomic E-state index is -3.66. The van der Waals surface area contributed by atoms with Gasteiger partial charge in [0.2, 0.25) is 15.3 Å². The highest BCUT2D eigenvalue weighted by atomic mass is 35.5. The molecule has 0 bridgehead atoms. The monoisotopic (exact) mass is 291 g/mol. The summed E-state index contributed by atoms with van der Waals surface area (Å²) in [5.74, 6) is 0.137. The molecule has 0 spiro atoms. The zero-order valence-corrected chi connectivity index (χ0v) is 11.4. The van der Waals surface area contributed by atoms with Crippen LogP contribution in [-0.4, -0.2) is 47.0 Å². The Balaban J connectivity index is 2.34. The molecule has 2 rings (SSSR count). The quantitative estimate of drug-likeness (QED) is 0.821. The summed E-state index contributed by atoms with van der Waals surface area (Å²) in [5, 5.41) is 9.31. The van der Waals surface area contributed by atoms with E-state index >= 15 is 0 Å². The van der Waals surface area contributed by atoms with Crippen LogP contribution in [-0.2, 0) is 10.0 Å². The molecule has 2 unspecified atom stereocenters. The summed E-state index contributed by atoms with van der Waals surface area (Å²) in [6.45, 7) is 2.14. The number of hydrogen-bond donors (Lipinski definition) is 1. The van der Waals surface area contributed by atoms with E-state index in [1.54, 1.807) is 0 Å². The number of halogens is 1. The van der Waals surface area contributed by atoms with Crippen molar-refractivity contribution in [2.24, 2.45) is 5.92 Å². The van der Waals surface area contributed by atoms with E-state index in [9.17, 15) is 13.5 Å². The van der Waals surface area contributed by atoms with Crippen molar-refractivity contribution in [3.05, 3.63) is 17.7 Å². The highest BCUT2D eigenvalue weighted by Gasteiger charge is 2.39. The Hall–Kier alpha value is -0.760. The largest absolute Gasteiger partial charge is 0.395 e. The van der Waals surface area contributed by atoms with Gasteiger partial charge in [-0.3, -0.25) is 0 Å². The van der Waals surface area contributed by atoms with E-state index in [4.69, 9.17) is 11.6 Å². The maximum absolute atomic E-state index is 12.4. The first-order chi connectivity index (χ1) is 8.46. The fraction of sp³-hybridized carbons (Fsp3) is 0.600. The molecule has 0 aromatic carbocycles. The molecular formula is C10H14ClN3O3S. The van der Waals surface area contributed by atoms with Crippen LogP contribution in [0.1, 0.15) is 13.3 Å². The van der Waals surface area contributed by atoms with Crippen molar-refractivity contribution in [3.8, 4) is 0 Å². The molecule has 1 saturated heterocycles. The van der Waals surface area contributed by atoms with E-state index < -0.39 is 10.0 Å². The molecule has 6 nitrogen and oxygen atoms in total. The number of aliphatic hydroxyl groups is 1. The molecule has 0 radical (unpaired) electrons. The van der Waals surface area contributed by atoms with Crippen LogP contribution in [0.3, 0.4) is 0 Å². The van der Waals surface area contributed by atoms with Gasteiger partial charge in [0.15, 0.2) is 0 Å². The second-order valence-electron chi connectivity index (χ2n) is 4.32. The van der Waals surface area contributed by atoms with Crippen LogP contribution in [0, 0.1) is 5.92 Å². The first-order valence-electron chi connectivity index (χ1n) is 5.57. The molecule has 1 fully saturated rings. The van der Waals surface area contributed by atoms with E-state index in [0.29, 0.717) is 6.54 Å². The van der Waals surface area contributed by atoms with Gasteiger partial charge in [-0.15, -0.1) is 0 Å². The van der Waals surface area contributed by atoms with Crippen molar-refractivity contribution in [2.45, 2.75) is 24.3 Å². The predicted octanol–water partition coefficient (Wildman–Crippen LogP) is 0.521. The normalized spacial score (nSPS) is 25.5. The minimum Gasteiger partial charge on any atom is -0.395 e.